The zero-order valence-electron chi connectivity index (χ0n) is 10.1. The van der Waals surface area contributed by atoms with Crippen LogP contribution in [0.15, 0.2) is 24.3 Å². The fourth-order valence-corrected chi connectivity index (χ4v) is 2.29. The summed E-state index contributed by atoms with van der Waals surface area (Å²) in [6.45, 7) is 5.37. The molecule has 0 atom stereocenters. The van der Waals surface area contributed by atoms with Gasteiger partial charge in [0, 0.05) is 18.2 Å². The van der Waals surface area contributed by atoms with E-state index in [9.17, 15) is 5.11 Å². The maximum Gasteiger partial charge on any atom is 0.120 e. The third-order valence-electron chi connectivity index (χ3n) is 3.69. The monoisotopic (exact) mass is 219 g/mol. The Balaban J connectivity index is 1.76. The van der Waals surface area contributed by atoms with E-state index in [4.69, 9.17) is 0 Å². The van der Waals surface area contributed by atoms with E-state index in [1.54, 1.807) is 6.07 Å². The second-order valence-corrected chi connectivity index (χ2v) is 5.18. The van der Waals surface area contributed by atoms with Gasteiger partial charge in [0.2, 0.25) is 0 Å². The van der Waals surface area contributed by atoms with Gasteiger partial charge < -0.3 is 10.4 Å². The summed E-state index contributed by atoms with van der Waals surface area (Å²) in [6.07, 6.45) is 2.57. The second-order valence-electron chi connectivity index (χ2n) is 5.18. The van der Waals surface area contributed by atoms with Gasteiger partial charge in [-0.1, -0.05) is 32.0 Å². The Morgan fingerprint density at radius 3 is 2.62 bits per heavy atom. The van der Waals surface area contributed by atoms with Crippen LogP contribution in [0.4, 0.5) is 0 Å². The van der Waals surface area contributed by atoms with Crippen molar-refractivity contribution in [3.8, 4) is 5.75 Å². The Morgan fingerprint density at radius 1 is 1.31 bits per heavy atom. The van der Waals surface area contributed by atoms with E-state index in [2.05, 4.69) is 19.2 Å². The maximum atomic E-state index is 9.61. The van der Waals surface area contributed by atoms with Gasteiger partial charge in [0.1, 0.15) is 5.75 Å². The minimum absolute atomic E-state index is 0.398. The van der Waals surface area contributed by atoms with Crippen LogP contribution in [0, 0.1) is 11.8 Å². The predicted molar refractivity (Wildman–Crippen MR) is 66.3 cm³/mol. The highest BCUT2D eigenvalue weighted by atomic mass is 16.3. The summed E-state index contributed by atoms with van der Waals surface area (Å²) in [5, 5.41) is 13.1. The molecule has 2 nitrogen and oxygen atoms in total. The highest BCUT2D eigenvalue weighted by Gasteiger charge is 2.30. The van der Waals surface area contributed by atoms with Crippen LogP contribution in [0.5, 0.6) is 5.75 Å². The lowest BCUT2D eigenvalue weighted by Crippen LogP contribution is -2.42. The van der Waals surface area contributed by atoms with Gasteiger partial charge in [-0.05, 0) is 30.7 Å². The van der Waals surface area contributed by atoms with Crippen LogP contribution in [0.1, 0.15) is 32.3 Å². The molecular weight excluding hydrogens is 198 g/mol. The van der Waals surface area contributed by atoms with Gasteiger partial charge in [0.05, 0.1) is 0 Å². The Bertz CT molecular complexity index is 342. The number of hydrogen-bond donors (Lipinski definition) is 2. The molecule has 0 aliphatic heterocycles. The summed E-state index contributed by atoms with van der Waals surface area (Å²) in [5.74, 6) is 2.10. The van der Waals surface area contributed by atoms with Crippen LogP contribution < -0.4 is 5.32 Å². The number of aromatic hydroxyl groups is 1. The largest absolute Gasteiger partial charge is 0.508 e. The Labute approximate surface area is 97.7 Å². The van der Waals surface area contributed by atoms with Crippen LogP contribution in [0.25, 0.3) is 0 Å². The topological polar surface area (TPSA) is 32.3 Å². The fourth-order valence-electron chi connectivity index (χ4n) is 2.29. The van der Waals surface area contributed by atoms with Crippen LogP contribution in [-0.4, -0.2) is 11.1 Å². The summed E-state index contributed by atoms with van der Waals surface area (Å²) in [6, 6.07) is 8.19. The summed E-state index contributed by atoms with van der Waals surface area (Å²) >= 11 is 0. The average molecular weight is 219 g/mol. The second kappa shape index (κ2) is 4.88. The van der Waals surface area contributed by atoms with Gasteiger partial charge >= 0.3 is 0 Å². The number of benzene rings is 1. The number of rotatable bonds is 4. The first-order valence-corrected chi connectivity index (χ1v) is 6.17. The first kappa shape index (κ1) is 11.5. The number of para-hydroxylation sites is 1. The zero-order valence-corrected chi connectivity index (χ0v) is 10.1. The van der Waals surface area contributed by atoms with Crippen molar-refractivity contribution in [2.45, 2.75) is 39.3 Å². The minimum Gasteiger partial charge on any atom is -0.508 e. The van der Waals surface area contributed by atoms with E-state index in [1.807, 2.05) is 18.2 Å². The van der Waals surface area contributed by atoms with Crippen molar-refractivity contribution in [1.29, 1.82) is 0 Å². The molecule has 0 aromatic heterocycles. The van der Waals surface area contributed by atoms with Crippen LogP contribution >= 0.6 is 0 Å². The van der Waals surface area contributed by atoms with Crippen molar-refractivity contribution in [2.24, 2.45) is 11.8 Å². The van der Waals surface area contributed by atoms with E-state index in [-0.39, 0.29) is 0 Å². The summed E-state index contributed by atoms with van der Waals surface area (Å²) in [5.41, 5.74) is 0.996. The zero-order chi connectivity index (χ0) is 11.5. The Kier molecular flexibility index (Phi) is 3.49. The lowest BCUT2D eigenvalue weighted by molar-refractivity contribution is 0.167. The molecule has 0 bridgehead atoms. The molecule has 2 N–H and O–H groups in total. The molecule has 0 spiro atoms. The van der Waals surface area contributed by atoms with Gasteiger partial charge in [-0.3, -0.25) is 0 Å². The predicted octanol–water partition coefficient (Wildman–Crippen LogP) is 2.92. The molecule has 2 heteroatoms. The van der Waals surface area contributed by atoms with Crippen LogP contribution in [0.3, 0.4) is 0 Å². The molecule has 1 fully saturated rings. The molecule has 0 radical (unpaired) electrons. The minimum atomic E-state index is 0.398. The van der Waals surface area contributed by atoms with Crippen LogP contribution in [0.2, 0.25) is 0 Å². The van der Waals surface area contributed by atoms with Crippen molar-refractivity contribution >= 4 is 0 Å². The van der Waals surface area contributed by atoms with Crippen molar-refractivity contribution in [2.75, 3.05) is 0 Å². The van der Waals surface area contributed by atoms with E-state index in [0.717, 1.165) is 23.9 Å². The van der Waals surface area contributed by atoms with Crippen molar-refractivity contribution in [3.63, 3.8) is 0 Å². The molecule has 0 heterocycles. The molecular formula is C14H21NO. The quantitative estimate of drug-likeness (QED) is 0.816. The first-order valence-electron chi connectivity index (χ1n) is 6.17. The van der Waals surface area contributed by atoms with Gasteiger partial charge in [0.15, 0.2) is 0 Å². The molecule has 1 aromatic carbocycles. The van der Waals surface area contributed by atoms with E-state index in [1.165, 1.54) is 12.8 Å². The standard InChI is InChI=1S/C14H21NO/c1-10(2)12-7-13(8-12)15-9-11-5-3-4-6-14(11)16/h3-6,10,12-13,15-16H,7-9H2,1-2H3. The number of nitrogens with one attached hydrogen (secondary N) is 1. The molecule has 88 valence electrons. The van der Waals surface area contributed by atoms with Crippen molar-refractivity contribution in [1.82, 2.24) is 5.32 Å². The van der Waals surface area contributed by atoms with Gasteiger partial charge in [-0.25, -0.2) is 0 Å². The third kappa shape index (κ3) is 2.56. The SMILES string of the molecule is CC(C)C1CC(NCc2ccccc2O)C1. The fraction of sp³-hybridized carbons (Fsp3) is 0.571. The number of phenols is 1. The first-order chi connectivity index (χ1) is 7.66. The summed E-state index contributed by atoms with van der Waals surface area (Å²) in [7, 11) is 0. The van der Waals surface area contributed by atoms with E-state index in [0.29, 0.717) is 11.8 Å². The highest BCUT2D eigenvalue weighted by Crippen LogP contribution is 2.33. The smallest absolute Gasteiger partial charge is 0.120 e. The molecule has 1 saturated carbocycles. The molecule has 0 amide bonds. The molecule has 1 aliphatic carbocycles. The van der Waals surface area contributed by atoms with Gasteiger partial charge in [-0.2, -0.15) is 0 Å². The molecule has 1 aliphatic rings. The normalized spacial score (nSPS) is 24.4. The molecule has 1 aromatic rings. The van der Waals surface area contributed by atoms with E-state index >= 15 is 0 Å². The lowest BCUT2D eigenvalue weighted by atomic mass is 9.73. The molecule has 16 heavy (non-hydrogen) atoms. The van der Waals surface area contributed by atoms with Gasteiger partial charge in [-0.15, -0.1) is 0 Å². The lowest BCUT2D eigenvalue weighted by Gasteiger charge is -2.38. The van der Waals surface area contributed by atoms with Gasteiger partial charge in [0.25, 0.3) is 0 Å². The molecule has 0 saturated heterocycles. The highest BCUT2D eigenvalue weighted by molar-refractivity contribution is 5.31. The summed E-state index contributed by atoms with van der Waals surface area (Å²) in [4.78, 5) is 0. The average Bonchev–Trinajstić information content (AvgIpc) is 2.17. The Hall–Kier alpha value is -1.02. The Morgan fingerprint density at radius 2 is 2.00 bits per heavy atom. The number of hydrogen-bond acceptors (Lipinski definition) is 2. The van der Waals surface area contributed by atoms with Crippen LogP contribution in [-0.2, 0) is 6.54 Å². The van der Waals surface area contributed by atoms with E-state index < -0.39 is 0 Å². The maximum absolute atomic E-state index is 9.61. The number of phenolic OH excluding ortho intramolecular Hbond substituents is 1. The third-order valence-corrected chi connectivity index (χ3v) is 3.69. The van der Waals surface area contributed by atoms with Crippen molar-refractivity contribution in [3.05, 3.63) is 29.8 Å². The van der Waals surface area contributed by atoms with Crippen molar-refractivity contribution < 1.29 is 5.11 Å². The molecule has 2 rings (SSSR count). The molecule has 0 unspecified atom stereocenters. The summed E-state index contributed by atoms with van der Waals surface area (Å²) < 4.78 is 0.